The molecule has 1 heterocycles. The number of phenolic OH excluding ortho intramolecular Hbond substituents is 1. The van der Waals surface area contributed by atoms with Crippen molar-refractivity contribution in [2.75, 3.05) is 18.4 Å². The van der Waals surface area contributed by atoms with Crippen LogP contribution in [0.5, 0.6) is 5.75 Å². The summed E-state index contributed by atoms with van der Waals surface area (Å²) in [4.78, 5) is 35.4. The van der Waals surface area contributed by atoms with Gasteiger partial charge in [0.2, 0.25) is 5.91 Å². The minimum Gasteiger partial charge on any atom is -0.508 e. The molecule has 0 bridgehead atoms. The fraction of sp³-hybridized carbons (Fsp3) is 0.250. The van der Waals surface area contributed by atoms with Crippen LogP contribution in [0.3, 0.4) is 0 Å². The zero-order chi connectivity index (χ0) is 23.8. The molecule has 4 rings (SSSR count). The average molecular weight is 451 g/mol. The number of aromatic nitrogens is 1. The van der Waals surface area contributed by atoms with Gasteiger partial charge < -0.3 is 26.0 Å². The van der Waals surface area contributed by atoms with E-state index in [1.165, 1.54) is 5.56 Å². The molecule has 0 spiro atoms. The molecule has 0 unspecified atom stereocenters. The molecule has 0 atom stereocenters. The summed E-state index contributed by atoms with van der Waals surface area (Å²) in [5.41, 5.74) is 5.29. The maximum Gasteiger partial charge on any atom is 0.414 e. The number of anilines is 1. The number of fused-ring (bicyclic) bond motifs is 2. The van der Waals surface area contributed by atoms with Gasteiger partial charge in [-0.3, -0.25) is 9.78 Å². The number of carboxylic acid groups (broad SMARTS) is 2. The number of hydrogen-bond acceptors (Lipinski definition) is 6. The lowest BCUT2D eigenvalue weighted by Gasteiger charge is -2.14. The quantitative estimate of drug-likeness (QED) is 0.283. The highest BCUT2D eigenvalue weighted by Gasteiger charge is 2.20. The van der Waals surface area contributed by atoms with Crippen molar-refractivity contribution in [2.24, 2.45) is 0 Å². The molecule has 5 N–H and O–H groups in total. The molecule has 0 aliphatic heterocycles. The number of carbonyl (C=O) groups is 3. The van der Waals surface area contributed by atoms with Gasteiger partial charge in [0, 0.05) is 11.1 Å². The van der Waals surface area contributed by atoms with E-state index in [0.717, 1.165) is 53.5 Å². The molecule has 1 aliphatic rings. The number of nitrogens with zero attached hydrogens (tertiary/aromatic N) is 1. The Hall–Kier alpha value is -3.98. The third-order valence-electron chi connectivity index (χ3n) is 5.18. The molecule has 3 aromatic rings. The van der Waals surface area contributed by atoms with Crippen LogP contribution in [0.25, 0.3) is 10.9 Å². The van der Waals surface area contributed by atoms with E-state index >= 15 is 0 Å². The summed E-state index contributed by atoms with van der Waals surface area (Å²) < 4.78 is 0. The van der Waals surface area contributed by atoms with Crippen molar-refractivity contribution in [3.8, 4) is 5.75 Å². The largest absolute Gasteiger partial charge is 0.508 e. The molecule has 33 heavy (non-hydrogen) atoms. The lowest BCUT2D eigenvalue weighted by molar-refractivity contribution is -0.159. The van der Waals surface area contributed by atoms with E-state index in [1.54, 1.807) is 12.1 Å². The monoisotopic (exact) mass is 451 g/mol. The molecule has 0 saturated carbocycles. The maximum atomic E-state index is 12.5. The van der Waals surface area contributed by atoms with Crippen molar-refractivity contribution < 1.29 is 29.7 Å². The van der Waals surface area contributed by atoms with Crippen LogP contribution in [-0.4, -0.2) is 51.2 Å². The van der Waals surface area contributed by atoms with Gasteiger partial charge >= 0.3 is 11.9 Å². The highest BCUT2D eigenvalue weighted by atomic mass is 16.4. The molecule has 9 nitrogen and oxygen atoms in total. The van der Waals surface area contributed by atoms with Gasteiger partial charge in [0.05, 0.1) is 17.7 Å². The van der Waals surface area contributed by atoms with Crippen LogP contribution in [0.1, 0.15) is 23.2 Å². The minimum atomic E-state index is -1.82. The predicted octanol–water partition coefficient (Wildman–Crippen LogP) is 2.36. The molecule has 0 fully saturated rings. The number of aliphatic carboxylic acids is 2. The number of amides is 1. The fourth-order valence-electron chi connectivity index (χ4n) is 3.63. The molecular weight excluding hydrogens is 426 g/mol. The summed E-state index contributed by atoms with van der Waals surface area (Å²) in [6.07, 6.45) is 3.85. The van der Waals surface area contributed by atoms with Gasteiger partial charge in [-0.15, -0.1) is 0 Å². The number of rotatable bonds is 6. The van der Waals surface area contributed by atoms with Crippen molar-refractivity contribution in [1.29, 1.82) is 0 Å². The number of phenols is 1. The minimum absolute atomic E-state index is 0.0360. The molecule has 9 heteroatoms. The smallest absolute Gasteiger partial charge is 0.414 e. The average Bonchev–Trinajstić information content (AvgIpc) is 3.26. The molecule has 172 valence electrons. The van der Waals surface area contributed by atoms with E-state index in [9.17, 15) is 9.90 Å². The van der Waals surface area contributed by atoms with Crippen LogP contribution >= 0.6 is 0 Å². The van der Waals surface area contributed by atoms with E-state index in [1.807, 2.05) is 36.4 Å². The summed E-state index contributed by atoms with van der Waals surface area (Å²) in [6, 6.07) is 15.1. The Morgan fingerprint density at radius 3 is 2.33 bits per heavy atom. The molecule has 1 amide bonds. The summed E-state index contributed by atoms with van der Waals surface area (Å²) in [5.74, 6) is -3.42. The third kappa shape index (κ3) is 6.50. The predicted molar refractivity (Wildman–Crippen MR) is 122 cm³/mol. The van der Waals surface area contributed by atoms with Crippen molar-refractivity contribution in [3.05, 3.63) is 65.4 Å². The van der Waals surface area contributed by atoms with E-state index in [2.05, 4.69) is 10.6 Å². The Kier molecular flexibility index (Phi) is 7.93. The number of para-hydroxylation sites is 1. The van der Waals surface area contributed by atoms with E-state index < -0.39 is 11.9 Å². The topological polar surface area (TPSA) is 149 Å². The van der Waals surface area contributed by atoms with Crippen LogP contribution in [-0.2, 0) is 33.6 Å². The van der Waals surface area contributed by atoms with E-state index in [4.69, 9.17) is 24.8 Å². The summed E-state index contributed by atoms with van der Waals surface area (Å²) in [7, 11) is 0. The van der Waals surface area contributed by atoms with Gasteiger partial charge in [-0.2, -0.15) is 0 Å². The lowest BCUT2D eigenvalue weighted by Crippen LogP contribution is -2.30. The Bertz CT molecular complexity index is 1150. The second-order valence-electron chi connectivity index (χ2n) is 7.53. The van der Waals surface area contributed by atoms with Gasteiger partial charge in [0.15, 0.2) is 0 Å². The van der Waals surface area contributed by atoms with Crippen LogP contribution in [0, 0.1) is 0 Å². The number of benzene rings is 2. The molecule has 1 aliphatic carbocycles. The van der Waals surface area contributed by atoms with Crippen molar-refractivity contribution >= 4 is 34.4 Å². The Morgan fingerprint density at radius 1 is 0.939 bits per heavy atom. The first-order valence-electron chi connectivity index (χ1n) is 10.5. The summed E-state index contributed by atoms with van der Waals surface area (Å²) in [5, 5.41) is 31.4. The fourth-order valence-corrected chi connectivity index (χ4v) is 3.63. The zero-order valence-corrected chi connectivity index (χ0v) is 17.9. The number of hydrogen-bond donors (Lipinski definition) is 5. The second kappa shape index (κ2) is 11.1. The second-order valence-corrected chi connectivity index (χ2v) is 7.53. The van der Waals surface area contributed by atoms with Crippen LogP contribution in [0.4, 0.5) is 5.69 Å². The van der Waals surface area contributed by atoms with Crippen molar-refractivity contribution in [3.63, 3.8) is 0 Å². The summed E-state index contributed by atoms with van der Waals surface area (Å²) in [6.45, 7) is 0.969. The van der Waals surface area contributed by atoms with Gasteiger partial charge in [-0.1, -0.05) is 30.3 Å². The number of aryl methyl sites for hydroxylation is 1. The van der Waals surface area contributed by atoms with Crippen LogP contribution in [0.2, 0.25) is 0 Å². The first-order chi connectivity index (χ1) is 15.8. The molecule has 2 aromatic carbocycles. The Morgan fingerprint density at radius 2 is 1.64 bits per heavy atom. The highest BCUT2D eigenvalue weighted by molar-refractivity contribution is 6.27. The van der Waals surface area contributed by atoms with Gasteiger partial charge in [0.25, 0.3) is 0 Å². The lowest BCUT2D eigenvalue weighted by atomic mass is 10.1. The molecule has 0 radical (unpaired) electrons. The van der Waals surface area contributed by atoms with Crippen LogP contribution in [0.15, 0.2) is 48.5 Å². The number of pyridine rings is 1. The number of nitrogens with one attached hydrogen (secondary N) is 2. The number of carboxylic acids is 2. The van der Waals surface area contributed by atoms with Crippen LogP contribution < -0.4 is 10.6 Å². The molecule has 0 saturated heterocycles. The highest BCUT2D eigenvalue weighted by Crippen LogP contribution is 2.33. The van der Waals surface area contributed by atoms with Gasteiger partial charge in [-0.25, -0.2) is 9.59 Å². The number of aromatic hydroxyl groups is 1. The standard InChI is InChI=1S/C22H23N3O2.C2H2O4/c26-16-10-8-15(9-11-16)12-13-23-14-21(27)25-22-17-4-1-2-6-19(17)24-20-7-3-5-18(20)22;3-1(4)2(5)6/h1-2,4,6,8-11,23,26H,3,5,7,12-14H2,(H,24,25,27);(H,3,4)(H,5,6). The molecular formula is C24H25N3O6. The zero-order valence-electron chi connectivity index (χ0n) is 17.9. The Balaban J connectivity index is 0.000000454. The van der Waals surface area contributed by atoms with Crippen molar-refractivity contribution in [1.82, 2.24) is 10.3 Å². The molecule has 1 aromatic heterocycles. The van der Waals surface area contributed by atoms with Crippen molar-refractivity contribution in [2.45, 2.75) is 25.7 Å². The first-order valence-corrected chi connectivity index (χ1v) is 10.5. The maximum absolute atomic E-state index is 12.5. The normalized spacial score (nSPS) is 11.9. The number of carbonyl (C=O) groups excluding carboxylic acids is 1. The van der Waals surface area contributed by atoms with E-state index in [0.29, 0.717) is 6.54 Å². The summed E-state index contributed by atoms with van der Waals surface area (Å²) >= 11 is 0. The first kappa shape index (κ1) is 23.7. The third-order valence-corrected chi connectivity index (χ3v) is 5.18. The SMILES string of the molecule is O=C(CNCCc1ccc(O)cc1)Nc1c2c(nc3ccccc13)CCC2.O=C(O)C(=O)O. The van der Waals surface area contributed by atoms with Gasteiger partial charge in [-0.05, 0) is 61.6 Å². The van der Waals surface area contributed by atoms with Gasteiger partial charge in [0.1, 0.15) is 5.75 Å². The van der Waals surface area contributed by atoms with E-state index in [-0.39, 0.29) is 18.2 Å². The Labute approximate surface area is 190 Å².